The van der Waals surface area contributed by atoms with E-state index >= 15 is 0 Å². The van der Waals surface area contributed by atoms with E-state index in [0.717, 1.165) is 25.9 Å². The molecule has 1 rings (SSSR count). The second-order valence-electron chi connectivity index (χ2n) is 5.30. The molecule has 0 radical (unpaired) electrons. The van der Waals surface area contributed by atoms with Crippen molar-refractivity contribution >= 4 is 5.91 Å². The third-order valence-electron chi connectivity index (χ3n) is 3.94. The van der Waals surface area contributed by atoms with Gasteiger partial charge >= 0.3 is 0 Å². The smallest absolute Gasteiger partial charge is 0.220 e. The van der Waals surface area contributed by atoms with Crippen molar-refractivity contribution in [3.05, 3.63) is 0 Å². The zero-order chi connectivity index (χ0) is 12.5. The van der Waals surface area contributed by atoms with E-state index in [0.29, 0.717) is 18.3 Å². The van der Waals surface area contributed by atoms with Gasteiger partial charge in [0.05, 0.1) is 0 Å². The molecule has 2 unspecified atom stereocenters. The first-order chi connectivity index (χ1) is 8.27. The molecule has 0 aromatic heterocycles. The summed E-state index contributed by atoms with van der Waals surface area (Å²) >= 11 is 0. The number of nitrogens with two attached hydrogens (primary N) is 1. The molecular weight excluding hydrogens is 212 g/mol. The molecule has 0 spiro atoms. The van der Waals surface area contributed by atoms with E-state index in [1.165, 1.54) is 32.1 Å². The quantitative estimate of drug-likeness (QED) is 0.672. The van der Waals surface area contributed by atoms with Crippen molar-refractivity contribution in [1.29, 1.82) is 0 Å². The van der Waals surface area contributed by atoms with Crippen LogP contribution in [0, 0.1) is 11.8 Å². The fraction of sp³-hybridized carbons (Fsp3) is 0.929. The van der Waals surface area contributed by atoms with Gasteiger partial charge in [0.1, 0.15) is 0 Å². The summed E-state index contributed by atoms with van der Waals surface area (Å²) in [5, 5.41) is 3.08. The number of hydrogen-bond acceptors (Lipinski definition) is 2. The maximum Gasteiger partial charge on any atom is 0.220 e. The Morgan fingerprint density at radius 1 is 1.24 bits per heavy atom. The number of hydrogen-bond donors (Lipinski definition) is 2. The molecule has 2 atom stereocenters. The molecule has 0 saturated heterocycles. The number of rotatable bonds is 7. The number of nitrogens with one attached hydrogen (secondary N) is 1. The largest absolute Gasteiger partial charge is 0.356 e. The van der Waals surface area contributed by atoms with Crippen molar-refractivity contribution in [2.45, 2.75) is 58.3 Å². The Labute approximate surface area is 106 Å². The monoisotopic (exact) mass is 240 g/mol. The molecule has 100 valence electrons. The predicted molar refractivity (Wildman–Crippen MR) is 71.7 cm³/mol. The molecule has 0 heterocycles. The molecule has 3 N–H and O–H groups in total. The standard InChI is InChI=1S/C14H28N2O/c1-2-3-4-9-14(17)16-11-13-8-6-5-7-12(13)10-15/h12-13H,2-11,15H2,1H3,(H,16,17). The lowest BCUT2D eigenvalue weighted by atomic mass is 9.79. The molecule has 0 aliphatic heterocycles. The zero-order valence-electron chi connectivity index (χ0n) is 11.2. The van der Waals surface area contributed by atoms with Crippen molar-refractivity contribution in [1.82, 2.24) is 5.32 Å². The van der Waals surface area contributed by atoms with E-state index in [1.807, 2.05) is 0 Å². The summed E-state index contributed by atoms with van der Waals surface area (Å²) in [6.45, 7) is 3.77. The maximum absolute atomic E-state index is 11.6. The minimum absolute atomic E-state index is 0.222. The molecule has 1 aliphatic carbocycles. The lowest BCUT2D eigenvalue weighted by Gasteiger charge is -2.30. The third kappa shape index (κ3) is 5.53. The highest BCUT2D eigenvalue weighted by molar-refractivity contribution is 5.75. The average molecular weight is 240 g/mol. The molecule has 0 bridgehead atoms. The Hall–Kier alpha value is -0.570. The van der Waals surface area contributed by atoms with Gasteiger partial charge in [-0.15, -0.1) is 0 Å². The van der Waals surface area contributed by atoms with E-state index < -0.39 is 0 Å². The predicted octanol–water partition coefficient (Wildman–Crippen LogP) is 2.45. The second kappa shape index (κ2) is 8.51. The molecule has 3 heteroatoms. The molecule has 3 nitrogen and oxygen atoms in total. The molecule has 17 heavy (non-hydrogen) atoms. The lowest BCUT2D eigenvalue weighted by molar-refractivity contribution is -0.121. The van der Waals surface area contributed by atoms with Crippen molar-refractivity contribution in [3.63, 3.8) is 0 Å². The summed E-state index contributed by atoms with van der Waals surface area (Å²) in [6, 6.07) is 0. The van der Waals surface area contributed by atoms with Crippen LogP contribution in [-0.2, 0) is 4.79 Å². The van der Waals surface area contributed by atoms with Gasteiger partial charge in [0, 0.05) is 13.0 Å². The Morgan fingerprint density at radius 2 is 1.94 bits per heavy atom. The fourth-order valence-electron chi connectivity index (χ4n) is 2.73. The highest BCUT2D eigenvalue weighted by atomic mass is 16.1. The summed E-state index contributed by atoms with van der Waals surface area (Å²) in [6.07, 6.45) is 9.12. The Morgan fingerprint density at radius 3 is 2.59 bits per heavy atom. The van der Waals surface area contributed by atoms with Crippen LogP contribution in [0.25, 0.3) is 0 Å². The van der Waals surface area contributed by atoms with Crippen molar-refractivity contribution in [2.24, 2.45) is 17.6 Å². The number of carbonyl (C=O) groups is 1. The first kappa shape index (κ1) is 14.5. The van der Waals surface area contributed by atoms with Crippen molar-refractivity contribution in [3.8, 4) is 0 Å². The second-order valence-corrected chi connectivity index (χ2v) is 5.30. The van der Waals surface area contributed by atoms with Gasteiger partial charge in [-0.3, -0.25) is 4.79 Å². The minimum atomic E-state index is 0.222. The van der Waals surface area contributed by atoms with Gasteiger partial charge in [-0.25, -0.2) is 0 Å². The highest BCUT2D eigenvalue weighted by Crippen LogP contribution is 2.28. The van der Waals surface area contributed by atoms with Crippen molar-refractivity contribution in [2.75, 3.05) is 13.1 Å². The topological polar surface area (TPSA) is 55.1 Å². The normalized spacial score (nSPS) is 24.6. The van der Waals surface area contributed by atoms with Gasteiger partial charge < -0.3 is 11.1 Å². The minimum Gasteiger partial charge on any atom is -0.356 e. The summed E-state index contributed by atoms with van der Waals surface area (Å²) in [5.74, 6) is 1.46. The van der Waals surface area contributed by atoms with Gasteiger partial charge in [-0.2, -0.15) is 0 Å². The summed E-state index contributed by atoms with van der Waals surface area (Å²) in [4.78, 5) is 11.6. The Kier molecular flexibility index (Phi) is 7.25. The van der Waals surface area contributed by atoms with Crippen LogP contribution in [0.3, 0.4) is 0 Å². The van der Waals surface area contributed by atoms with Crippen LogP contribution in [0.15, 0.2) is 0 Å². The van der Waals surface area contributed by atoms with Gasteiger partial charge in [-0.1, -0.05) is 32.6 Å². The Bertz CT molecular complexity index is 218. The van der Waals surface area contributed by atoms with E-state index in [2.05, 4.69) is 12.2 Å². The summed E-state index contributed by atoms with van der Waals surface area (Å²) < 4.78 is 0. The van der Waals surface area contributed by atoms with Crippen LogP contribution in [0.2, 0.25) is 0 Å². The molecular formula is C14H28N2O. The van der Waals surface area contributed by atoms with E-state index in [4.69, 9.17) is 5.73 Å². The van der Waals surface area contributed by atoms with Crippen LogP contribution < -0.4 is 11.1 Å². The number of carbonyl (C=O) groups excluding carboxylic acids is 1. The molecule has 1 amide bonds. The van der Waals surface area contributed by atoms with Gasteiger partial charge in [0.2, 0.25) is 5.91 Å². The molecule has 0 aromatic carbocycles. The lowest BCUT2D eigenvalue weighted by Crippen LogP contribution is -2.36. The third-order valence-corrected chi connectivity index (χ3v) is 3.94. The van der Waals surface area contributed by atoms with Gasteiger partial charge in [0.25, 0.3) is 0 Å². The SMILES string of the molecule is CCCCCC(=O)NCC1CCCCC1CN. The van der Waals surface area contributed by atoms with Crippen LogP contribution in [0.5, 0.6) is 0 Å². The van der Waals surface area contributed by atoms with Crippen LogP contribution in [-0.4, -0.2) is 19.0 Å². The maximum atomic E-state index is 11.6. The average Bonchev–Trinajstić information content (AvgIpc) is 2.37. The van der Waals surface area contributed by atoms with Gasteiger partial charge in [0.15, 0.2) is 0 Å². The van der Waals surface area contributed by atoms with Crippen LogP contribution >= 0.6 is 0 Å². The summed E-state index contributed by atoms with van der Waals surface area (Å²) in [5.41, 5.74) is 5.79. The first-order valence-electron chi connectivity index (χ1n) is 7.24. The van der Waals surface area contributed by atoms with Crippen molar-refractivity contribution < 1.29 is 4.79 Å². The van der Waals surface area contributed by atoms with E-state index in [1.54, 1.807) is 0 Å². The van der Waals surface area contributed by atoms with Gasteiger partial charge in [-0.05, 0) is 37.6 Å². The number of unbranched alkanes of at least 4 members (excludes halogenated alkanes) is 2. The van der Waals surface area contributed by atoms with Crippen LogP contribution in [0.4, 0.5) is 0 Å². The highest BCUT2D eigenvalue weighted by Gasteiger charge is 2.23. The van der Waals surface area contributed by atoms with E-state index in [9.17, 15) is 4.79 Å². The number of amides is 1. The Balaban J connectivity index is 2.17. The zero-order valence-corrected chi connectivity index (χ0v) is 11.2. The van der Waals surface area contributed by atoms with Crippen LogP contribution in [0.1, 0.15) is 58.3 Å². The first-order valence-corrected chi connectivity index (χ1v) is 7.24. The molecule has 1 aliphatic rings. The molecule has 1 fully saturated rings. The van der Waals surface area contributed by atoms with E-state index in [-0.39, 0.29) is 5.91 Å². The molecule has 0 aromatic rings. The fourth-order valence-corrected chi connectivity index (χ4v) is 2.73. The summed E-state index contributed by atoms with van der Waals surface area (Å²) in [7, 11) is 0. The molecule has 1 saturated carbocycles.